The smallest absolute Gasteiger partial charge is 0.459 e. The molecule has 200 valence electrons. The van der Waals surface area contributed by atoms with Gasteiger partial charge >= 0.3 is 13.7 Å². The molecule has 14 heteroatoms. The van der Waals surface area contributed by atoms with E-state index in [0.717, 1.165) is 0 Å². The first-order valence-electron chi connectivity index (χ1n) is 11.5. The molecule has 37 heavy (non-hydrogen) atoms. The van der Waals surface area contributed by atoms with Crippen LogP contribution >= 0.6 is 20.0 Å². The lowest BCUT2D eigenvalue weighted by Gasteiger charge is -2.25. The molecule has 1 aromatic heterocycles. The van der Waals surface area contributed by atoms with E-state index in [1.165, 1.54) is 17.7 Å². The highest BCUT2D eigenvalue weighted by Gasteiger charge is 2.46. The monoisotopic (exact) mass is 552 g/mol. The van der Waals surface area contributed by atoms with E-state index < -0.39 is 56.8 Å². The molecule has 3 N–H and O–H groups in total. The first kappa shape index (κ1) is 28.7. The van der Waals surface area contributed by atoms with Gasteiger partial charge in [0.2, 0.25) is 0 Å². The summed E-state index contributed by atoms with van der Waals surface area (Å²) in [6.45, 7) is 5.90. The van der Waals surface area contributed by atoms with E-state index in [1.54, 1.807) is 51.1 Å². The minimum Gasteiger partial charge on any atom is -0.462 e. The summed E-state index contributed by atoms with van der Waals surface area (Å²) in [6, 6.07) is 9.10. The van der Waals surface area contributed by atoms with Crippen LogP contribution < -0.4 is 15.2 Å². The zero-order valence-electron chi connectivity index (χ0n) is 20.7. The summed E-state index contributed by atoms with van der Waals surface area (Å²) in [5, 5.41) is 23.0. The van der Waals surface area contributed by atoms with Crippen molar-refractivity contribution in [1.82, 2.24) is 14.6 Å². The number of benzene rings is 1. The van der Waals surface area contributed by atoms with Gasteiger partial charge in [0.05, 0.1) is 18.8 Å². The molecule has 3 unspecified atom stereocenters. The summed E-state index contributed by atoms with van der Waals surface area (Å²) in [7, 11) is -4.22. The van der Waals surface area contributed by atoms with E-state index in [1.807, 2.05) is 6.07 Å². The maximum atomic E-state index is 13.7. The Bertz CT molecular complexity index is 1310. The predicted octanol–water partition coefficient (Wildman–Crippen LogP) is 2.75. The fourth-order valence-electron chi connectivity index (χ4n) is 3.54. The van der Waals surface area contributed by atoms with E-state index >= 15 is 0 Å². The third-order valence-corrected chi connectivity index (χ3v) is 7.33. The Kier molecular flexibility index (Phi) is 9.41. The molecule has 0 spiro atoms. The van der Waals surface area contributed by atoms with Crippen LogP contribution in [0, 0.1) is 28.9 Å². The Labute approximate surface area is 218 Å². The number of ether oxygens (including phenoxy) is 2. The van der Waals surface area contributed by atoms with Crippen LogP contribution in [0.5, 0.6) is 5.75 Å². The molecule has 2 heterocycles. The number of aromatic nitrogens is 2. The van der Waals surface area contributed by atoms with Gasteiger partial charge in [0.1, 0.15) is 29.9 Å². The molecule has 1 saturated heterocycles. The number of nitriles is 1. The molecule has 2 aromatic rings. The Balaban J connectivity index is 1.81. The zero-order valence-corrected chi connectivity index (χ0v) is 22.4. The first-order chi connectivity index (χ1) is 17.4. The number of H-pyrrole nitrogens is 1. The Morgan fingerprint density at radius 1 is 1.35 bits per heavy atom. The van der Waals surface area contributed by atoms with E-state index in [-0.39, 0.29) is 16.1 Å². The number of esters is 1. The van der Waals surface area contributed by atoms with E-state index in [2.05, 4.69) is 10.1 Å². The Morgan fingerprint density at radius 3 is 2.65 bits per heavy atom. The van der Waals surface area contributed by atoms with Crippen molar-refractivity contribution < 1.29 is 33.0 Å². The van der Waals surface area contributed by atoms with Crippen LogP contribution in [-0.2, 0) is 23.4 Å². The van der Waals surface area contributed by atoms with Crippen molar-refractivity contribution in [3.8, 4) is 11.8 Å². The highest BCUT2D eigenvalue weighted by atomic mass is 32.1. The molecule has 1 aliphatic heterocycles. The molecule has 1 aliphatic rings. The van der Waals surface area contributed by atoms with Gasteiger partial charge < -0.3 is 19.1 Å². The highest BCUT2D eigenvalue weighted by Crippen LogP contribution is 2.46. The van der Waals surface area contributed by atoms with Crippen LogP contribution in [0.3, 0.4) is 0 Å². The van der Waals surface area contributed by atoms with Crippen molar-refractivity contribution in [1.29, 1.82) is 5.26 Å². The van der Waals surface area contributed by atoms with Crippen molar-refractivity contribution in [2.24, 2.45) is 5.92 Å². The topological polar surface area (TPSA) is 165 Å². The number of aliphatic hydroxyl groups is 1. The third kappa shape index (κ3) is 7.13. The van der Waals surface area contributed by atoms with E-state index in [4.69, 9.17) is 30.7 Å². The van der Waals surface area contributed by atoms with Crippen molar-refractivity contribution >= 4 is 25.9 Å². The molecule has 0 saturated carbocycles. The quantitative estimate of drug-likeness (QED) is 0.225. The number of aromatic amines is 1. The number of carbonyl (C=O) groups is 1. The lowest BCUT2D eigenvalue weighted by Crippen LogP contribution is -2.37. The number of aryl methyl sites for hydroxylation is 1. The number of nitrogens with zero attached hydrogens (tertiary/aromatic N) is 2. The average Bonchev–Trinajstić information content (AvgIpc) is 3.15. The maximum Gasteiger partial charge on any atom is 0.459 e. The van der Waals surface area contributed by atoms with Crippen LogP contribution in [0.1, 0.15) is 32.6 Å². The maximum absolute atomic E-state index is 13.7. The minimum absolute atomic E-state index is 0.00635. The normalized spacial score (nSPS) is 23.7. The Hall–Kier alpha value is -2.85. The lowest BCUT2D eigenvalue weighted by molar-refractivity contribution is -0.149. The molecular weight excluding hydrogens is 523 g/mol. The van der Waals surface area contributed by atoms with Crippen LogP contribution in [0.2, 0.25) is 0 Å². The average molecular weight is 553 g/mol. The highest BCUT2D eigenvalue weighted by molar-refractivity contribution is 7.71. The van der Waals surface area contributed by atoms with Gasteiger partial charge in [-0.05, 0) is 52.0 Å². The van der Waals surface area contributed by atoms with Gasteiger partial charge in [0.15, 0.2) is 11.0 Å². The molecule has 6 atom stereocenters. The summed E-state index contributed by atoms with van der Waals surface area (Å²) in [5.74, 6) is -1.54. The van der Waals surface area contributed by atoms with Crippen LogP contribution in [-0.4, -0.2) is 51.6 Å². The summed E-state index contributed by atoms with van der Waals surface area (Å²) in [4.78, 5) is 26.6. The summed E-state index contributed by atoms with van der Waals surface area (Å²) in [5.41, 5.74) is -0.0568. The fraction of sp³-hybridized carbons (Fsp3) is 0.478. The molecule has 1 aromatic carbocycles. The molecule has 3 rings (SSSR count). The molecule has 0 amide bonds. The number of hydrogen-bond acceptors (Lipinski definition) is 10. The first-order valence-corrected chi connectivity index (χ1v) is 13.4. The molecule has 0 bridgehead atoms. The van der Waals surface area contributed by atoms with Crippen molar-refractivity contribution in [2.75, 3.05) is 6.61 Å². The second-order valence-corrected chi connectivity index (χ2v) is 10.8. The van der Waals surface area contributed by atoms with Gasteiger partial charge in [-0.25, -0.2) is 4.57 Å². The van der Waals surface area contributed by atoms with Gasteiger partial charge in [-0.15, -0.1) is 0 Å². The summed E-state index contributed by atoms with van der Waals surface area (Å²) < 4.78 is 37.2. The van der Waals surface area contributed by atoms with Gasteiger partial charge in [0.25, 0.3) is 5.56 Å². The second kappa shape index (κ2) is 12.1. The largest absolute Gasteiger partial charge is 0.462 e. The number of carbonyl (C=O) groups excluding carboxylic acids is 1. The number of hydrogen-bond donors (Lipinski definition) is 3. The molecule has 0 radical (unpaired) electrons. The number of para-hydroxylation sites is 1. The summed E-state index contributed by atoms with van der Waals surface area (Å²) >= 11 is 5.20. The minimum atomic E-state index is -4.22. The molecule has 12 nitrogen and oxygen atoms in total. The number of aliphatic hydroxyl groups excluding tert-OH is 1. The van der Waals surface area contributed by atoms with E-state index in [0.29, 0.717) is 5.56 Å². The second-order valence-electron chi connectivity index (χ2n) is 8.72. The number of rotatable bonds is 10. The lowest BCUT2D eigenvalue weighted by atomic mass is 10.0. The van der Waals surface area contributed by atoms with Crippen LogP contribution in [0.15, 0.2) is 41.3 Å². The molecule has 1 fully saturated rings. The van der Waals surface area contributed by atoms with E-state index in [9.17, 15) is 24.5 Å². The Morgan fingerprint density at radius 2 is 2.03 bits per heavy atom. The molecule has 0 aliphatic carbocycles. The SMILES string of the molecule is Cc1cn([C@@H]2OC(COP(=O)(N[C@@H](C)C(=O)OC(C)C)Oc3ccccc3)[C@H](O)C2C#N)c(=S)[nH]c1=O. The molecular formula is C23H29N4O8PS. The third-order valence-electron chi connectivity index (χ3n) is 5.37. The van der Waals surface area contributed by atoms with Crippen molar-refractivity contribution in [2.45, 2.75) is 58.3 Å². The standard InChI is InChI=1S/C23H29N4O8PS/c1-13(2)33-22(30)15(4)26-36(31,35-16-8-6-5-7-9-16)32-12-18-19(28)17(10-24)21(34-18)27-11-14(3)20(29)25-23(27)37/h5-9,11,13,15,17-19,21,28H,12H2,1-4H3,(H,26,31)(H,25,29,37)/t15-,17?,18?,19+,21+,36?/m0/s1. The van der Waals surface area contributed by atoms with Gasteiger partial charge in [-0.2, -0.15) is 10.3 Å². The van der Waals surface area contributed by atoms with Gasteiger partial charge in [-0.3, -0.25) is 23.7 Å². The fourth-order valence-corrected chi connectivity index (χ4v) is 5.29. The number of nitrogens with one attached hydrogen (secondary N) is 2. The van der Waals surface area contributed by atoms with Crippen LogP contribution in [0.4, 0.5) is 0 Å². The zero-order chi connectivity index (χ0) is 27.3. The van der Waals surface area contributed by atoms with Gasteiger partial charge in [-0.1, -0.05) is 18.2 Å². The summed E-state index contributed by atoms with van der Waals surface area (Å²) in [6.07, 6.45) is -2.47. The van der Waals surface area contributed by atoms with Crippen molar-refractivity contribution in [3.63, 3.8) is 0 Å². The van der Waals surface area contributed by atoms with Crippen LogP contribution in [0.25, 0.3) is 0 Å². The van der Waals surface area contributed by atoms with Crippen molar-refractivity contribution in [3.05, 3.63) is 57.2 Å². The van der Waals surface area contributed by atoms with Gasteiger partial charge in [0, 0.05) is 11.8 Å². The predicted molar refractivity (Wildman–Crippen MR) is 134 cm³/mol.